The number of furan rings is 1. The molecule has 5 rings (SSSR count). The highest BCUT2D eigenvalue weighted by molar-refractivity contribution is 5.95. The Morgan fingerprint density at radius 2 is 1.83 bits per heavy atom. The lowest BCUT2D eigenvalue weighted by molar-refractivity contribution is -0.148. The van der Waals surface area contributed by atoms with Gasteiger partial charge < -0.3 is 14.2 Å². The fraction of sp³-hybridized carbons (Fsp3) is 0.500. The minimum absolute atomic E-state index is 0.0995. The van der Waals surface area contributed by atoms with Gasteiger partial charge in [-0.15, -0.1) is 0 Å². The van der Waals surface area contributed by atoms with Crippen LogP contribution in [0.3, 0.4) is 0 Å². The van der Waals surface area contributed by atoms with Crippen LogP contribution in [-0.2, 0) is 4.79 Å². The topological polar surface area (TPSA) is 53.8 Å². The van der Waals surface area contributed by atoms with Crippen LogP contribution in [0.1, 0.15) is 48.9 Å². The van der Waals surface area contributed by atoms with Crippen molar-refractivity contribution in [3.8, 4) is 11.1 Å². The molecule has 2 aliphatic heterocycles. The van der Waals surface area contributed by atoms with Crippen LogP contribution >= 0.6 is 0 Å². The minimum atomic E-state index is 0.0995. The van der Waals surface area contributed by atoms with E-state index in [0.29, 0.717) is 11.8 Å². The van der Waals surface area contributed by atoms with E-state index in [-0.39, 0.29) is 11.3 Å². The zero-order valence-corrected chi connectivity index (χ0v) is 16.8. The molecular weight excluding hydrogens is 364 g/mol. The number of hydrogen-bond acceptors (Lipinski definition) is 3. The van der Waals surface area contributed by atoms with E-state index in [2.05, 4.69) is 0 Å². The molecule has 29 heavy (non-hydrogen) atoms. The Morgan fingerprint density at radius 1 is 1.03 bits per heavy atom. The van der Waals surface area contributed by atoms with Gasteiger partial charge in [-0.1, -0.05) is 18.6 Å². The highest BCUT2D eigenvalue weighted by Crippen LogP contribution is 2.42. The normalized spacial score (nSPS) is 21.0. The molecule has 2 saturated heterocycles. The van der Waals surface area contributed by atoms with Crippen LogP contribution in [0.4, 0.5) is 0 Å². The van der Waals surface area contributed by atoms with Gasteiger partial charge in [-0.25, -0.2) is 0 Å². The first-order valence-electron chi connectivity index (χ1n) is 10.8. The third kappa shape index (κ3) is 3.59. The summed E-state index contributed by atoms with van der Waals surface area (Å²) in [7, 11) is 0. The fourth-order valence-corrected chi connectivity index (χ4v) is 4.96. The smallest absolute Gasteiger partial charge is 0.253 e. The molecule has 0 N–H and O–H groups in total. The summed E-state index contributed by atoms with van der Waals surface area (Å²) in [5.41, 5.74) is 2.95. The quantitative estimate of drug-likeness (QED) is 0.784. The first-order chi connectivity index (χ1) is 14.1. The van der Waals surface area contributed by atoms with E-state index in [0.717, 1.165) is 62.1 Å². The van der Waals surface area contributed by atoms with Crippen molar-refractivity contribution in [1.82, 2.24) is 9.80 Å². The summed E-state index contributed by atoms with van der Waals surface area (Å²) in [5.74, 6) is 1.08. The van der Waals surface area contributed by atoms with Gasteiger partial charge in [0.2, 0.25) is 5.91 Å². The predicted octanol–water partition coefficient (Wildman–Crippen LogP) is 4.20. The fourth-order valence-electron chi connectivity index (χ4n) is 4.96. The van der Waals surface area contributed by atoms with Gasteiger partial charge in [-0.2, -0.15) is 0 Å². The van der Waals surface area contributed by atoms with Crippen molar-refractivity contribution in [2.45, 2.75) is 38.5 Å². The van der Waals surface area contributed by atoms with E-state index in [1.807, 2.05) is 40.1 Å². The molecule has 1 spiro atoms. The third-order valence-corrected chi connectivity index (χ3v) is 7.17. The molecule has 1 aliphatic carbocycles. The van der Waals surface area contributed by atoms with E-state index in [4.69, 9.17) is 4.42 Å². The summed E-state index contributed by atoms with van der Waals surface area (Å²) in [6.07, 6.45) is 9.81. The lowest BCUT2D eigenvalue weighted by Gasteiger charge is -2.54. The van der Waals surface area contributed by atoms with Gasteiger partial charge in [0.05, 0.1) is 12.5 Å². The maximum Gasteiger partial charge on any atom is 0.253 e. The van der Waals surface area contributed by atoms with Crippen LogP contribution < -0.4 is 0 Å². The largest absolute Gasteiger partial charge is 0.472 e. The first-order valence-corrected chi connectivity index (χ1v) is 10.8. The van der Waals surface area contributed by atoms with Crippen LogP contribution in [0.25, 0.3) is 11.1 Å². The summed E-state index contributed by atoms with van der Waals surface area (Å²) in [4.78, 5) is 29.4. The van der Waals surface area contributed by atoms with Gasteiger partial charge in [0.1, 0.15) is 0 Å². The number of rotatable bonds is 4. The Hall–Kier alpha value is -2.56. The number of hydrogen-bond donors (Lipinski definition) is 0. The maximum absolute atomic E-state index is 13.0. The molecule has 0 bridgehead atoms. The van der Waals surface area contributed by atoms with Crippen molar-refractivity contribution < 1.29 is 14.0 Å². The van der Waals surface area contributed by atoms with Crippen LogP contribution in [0.2, 0.25) is 0 Å². The molecule has 3 aliphatic rings. The molecule has 3 heterocycles. The summed E-state index contributed by atoms with van der Waals surface area (Å²) < 4.78 is 5.16. The molecule has 1 aromatic heterocycles. The van der Waals surface area contributed by atoms with Crippen molar-refractivity contribution in [1.29, 1.82) is 0 Å². The molecule has 1 aromatic carbocycles. The SMILES string of the molecule is O=C(CC1CCC1)N1CC2(CCN(C(=O)c3cccc(-c4ccoc4)c3)CC2)C1. The molecule has 2 aromatic rings. The minimum Gasteiger partial charge on any atom is -0.472 e. The summed E-state index contributed by atoms with van der Waals surface area (Å²) in [6, 6.07) is 9.67. The molecule has 1 saturated carbocycles. The first kappa shape index (κ1) is 18.5. The van der Waals surface area contributed by atoms with Gasteiger partial charge in [0.25, 0.3) is 5.91 Å². The summed E-state index contributed by atoms with van der Waals surface area (Å²) >= 11 is 0. The van der Waals surface area contributed by atoms with Crippen LogP contribution in [0, 0.1) is 11.3 Å². The number of carbonyl (C=O) groups is 2. The van der Waals surface area contributed by atoms with E-state index in [1.165, 1.54) is 19.3 Å². The molecule has 3 fully saturated rings. The molecule has 152 valence electrons. The lowest BCUT2D eigenvalue weighted by atomic mass is 9.71. The summed E-state index contributed by atoms with van der Waals surface area (Å²) in [6.45, 7) is 3.33. The second-order valence-electron chi connectivity index (χ2n) is 9.14. The zero-order chi connectivity index (χ0) is 19.8. The second-order valence-corrected chi connectivity index (χ2v) is 9.14. The molecule has 0 unspecified atom stereocenters. The van der Waals surface area contributed by atoms with Crippen LogP contribution in [0.15, 0.2) is 47.3 Å². The molecule has 0 atom stereocenters. The van der Waals surface area contributed by atoms with Crippen molar-refractivity contribution in [2.75, 3.05) is 26.2 Å². The number of amides is 2. The van der Waals surface area contributed by atoms with Crippen LogP contribution in [-0.4, -0.2) is 47.8 Å². The van der Waals surface area contributed by atoms with Gasteiger partial charge >= 0.3 is 0 Å². The van der Waals surface area contributed by atoms with Gasteiger partial charge in [0.15, 0.2) is 0 Å². The Kier molecular flexibility index (Phi) is 4.69. The van der Waals surface area contributed by atoms with E-state index >= 15 is 0 Å². The number of piperidine rings is 1. The number of likely N-dealkylation sites (tertiary alicyclic amines) is 2. The number of carbonyl (C=O) groups excluding carboxylic acids is 2. The average molecular weight is 392 g/mol. The van der Waals surface area contributed by atoms with Gasteiger partial charge in [-0.3, -0.25) is 9.59 Å². The van der Waals surface area contributed by atoms with Crippen molar-refractivity contribution in [3.05, 3.63) is 48.4 Å². The Labute approximate surface area is 171 Å². The Balaban J connectivity index is 1.16. The summed E-state index contributed by atoms with van der Waals surface area (Å²) in [5, 5.41) is 0. The van der Waals surface area contributed by atoms with E-state index < -0.39 is 0 Å². The average Bonchev–Trinajstić information content (AvgIpc) is 3.23. The standard InChI is InChI=1S/C24H28N2O3/c27-22(13-18-3-1-4-18)26-16-24(17-26)8-10-25(11-9-24)23(28)20-6-2-5-19(14-20)21-7-12-29-15-21/h2,5-7,12,14-15,18H,1,3-4,8-11,13,16-17H2. The Bertz CT molecular complexity index is 885. The highest BCUT2D eigenvalue weighted by atomic mass is 16.3. The second kappa shape index (κ2) is 7.36. The maximum atomic E-state index is 13.0. The lowest BCUT2D eigenvalue weighted by Crippen LogP contribution is -2.62. The molecule has 5 heteroatoms. The van der Waals surface area contributed by atoms with E-state index in [1.54, 1.807) is 12.5 Å². The number of nitrogens with zero attached hydrogens (tertiary/aromatic N) is 2. The third-order valence-electron chi connectivity index (χ3n) is 7.17. The van der Waals surface area contributed by atoms with Crippen LogP contribution in [0.5, 0.6) is 0 Å². The van der Waals surface area contributed by atoms with Gasteiger partial charge in [-0.05, 0) is 55.4 Å². The highest BCUT2D eigenvalue weighted by Gasteiger charge is 2.47. The van der Waals surface area contributed by atoms with Gasteiger partial charge in [0, 0.05) is 49.1 Å². The molecular formula is C24H28N2O3. The Morgan fingerprint density at radius 3 is 2.48 bits per heavy atom. The van der Waals surface area contributed by atoms with Crippen molar-refractivity contribution in [2.24, 2.45) is 11.3 Å². The van der Waals surface area contributed by atoms with E-state index in [9.17, 15) is 9.59 Å². The zero-order valence-electron chi connectivity index (χ0n) is 16.8. The predicted molar refractivity (Wildman–Crippen MR) is 110 cm³/mol. The van der Waals surface area contributed by atoms with Crippen molar-refractivity contribution >= 4 is 11.8 Å². The van der Waals surface area contributed by atoms with Crippen molar-refractivity contribution in [3.63, 3.8) is 0 Å². The molecule has 2 amide bonds. The molecule has 0 radical (unpaired) electrons. The molecule has 5 nitrogen and oxygen atoms in total. The monoisotopic (exact) mass is 392 g/mol. The number of benzene rings is 1.